The average molecular weight is 597 g/mol. The minimum absolute atomic E-state index is 0.0796. The van der Waals surface area contributed by atoms with Crippen LogP contribution in [0.4, 0.5) is 5.69 Å². The zero-order chi connectivity index (χ0) is 28.6. The van der Waals surface area contributed by atoms with Crippen LogP contribution in [0, 0.1) is 6.92 Å². The third-order valence-electron chi connectivity index (χ3n) is 7.14. The number of carbonyl (C=O) groups is 2. The van der Waals surface area contributed by atoms with Crippen LogP contribution in [0.5, 0.6) is 0 Å². The van der Waals surface area contributed by atoms with E-state index in [1.165, 1.54) is 10.7 Å². The van der Waals surface area contributed by atoms with Gasteiger partial charge in [-0.1, -0.05) is 67.6 Å². The Labute approximate surface area is 242 Å². The molecule has 0 heterocycles. The average Bonchev–Trinajstić information content (AvgIpc) is 2.87. The van der Waals surface area contributed by atoms with E-state index in [4.69, 9.17) is 23.2 Å². The molecule has 1 aliphatic rings. The van der Waals surface area contributed by atoms with Gasteiger partial charge in [0, 0.05) is 35.6 Å². The number of hydrogen-bond acceptors (Lipinski definition) is 4. The summed E-state index contributed by atoms with van der Waals surface area (Å²) in [6, 6.07) is 11.8. The van der Waals surface area contributed by atoms with E-state index in [2.05, 4.69) is 5.32 Å². The Morgan fingerprint density at radius 2 is 1.79 bits per heavy atom. The molecule has 0 aliphatic heterocycles. The van der Waals surface area contributed by atoms with Crippen molar-refractivity contribution in [2.24, 2.45) is 0 Å². The van der Waals surface area contributed by atoms with Gasteiger partial charge >= 0.3 is 0 Å². The zero-order valence-corrected chi connectivity index (χ0v) is 25.3. The topological polar surface area (TPSA) is 86.8 Å². The summed E-state index contributed by atoms with van der Waals surface area (Å²) in [4.78, 5) is 28.6. The fraction of sp³-hybridized carbons (Fsp3) is 0.517. The molecular weight excluding hydrogens is 557 g/mol. The summed E-state index contributed by atoms with van der Waals surface area (Å²) in [5, 5.41) is 4.07. The van der Waals surface area contributed by atoms with Crippen molar-refractivity contribution in [3.05, 3.63) is 63.6 Å². The van der Waals surface area contributed by atoms with Crippen molar-refractivity contribution in [1.29, 1.82) is 0 Å². The first kappa shape index (κ1) is 31.2. The van der Waals surface area contributed by atoms with Crippen molar-refractivity contribution in [1.82, 2.24) is 10.2 Å². The third kappa shape index (κ3) is 9.12. The monoisotopic (exact) mass is 595 g/mol. The fourth-order valence-corrected chi connectivity index (χ4v) is 6.51. The lowest BCUT2D eigenvalue weighted by atomic mass is 9.95. The maximum atomic E-state index is 13.7. The number of hydrogen-bond donors (Lipinski definition) is 1. The van der Waals surface area contributed by atoms with Crippen LogP contribution in [0.3, 0.4) is 0 Å². The second-order valence-corrected chi connectivity index (χ2v) is 13.1. The molecule has 0 aromatic heterocycles. The molecule has 214 valence electrons. The van der Waals surface area contributed by atoms with Crippen molar-refractivity contribution in [3.8, 4) is 0 Å². The summed E-state index contributed by atoms with van der Waals surface area (Å²) in [7, 11) is -3.55. The van der Waals surface area contributed by atoms with E-state index < -0.39 is 16.1 Å². The SMILES string of the molecule is CCC(C(=O)NC1CCCCC1)N(Cc1ccc(Cl)cc1Cl)C(=O)CCCN(c1cccc(C)c1)S(C)(=O)=O. The van der Waals surface area contributed by atoms with E-state index in [0.29, 0.717) is 34.1 Å². The van der Waals surface area contributed by atoms with Crippen LogP contribution in [-0.4, -0.2) is 50.0 Å². The number of amides is 2. The lowest BCUT2D eigenvalue weighted by Gasteiger charge is -2.33. The Kier molecular flexibility index (Phi) is 11.5. The summed E-state index contributed by atoms with van der Waals surface area (Å²) < 4.78 is 26.4. The fourth-order valence-electron chi connectivity index (χ4n) is 5.08. The highest BCUT2D eigenvalue weighted by Crippen LogP contribution is 2.25. The van der Waals surface area contributed by atoms with Gasteiger partial charge in [0.05, 0.1) is 11.9 Å². The number of aryl methyl sites for hydroxylation is 1. The van der Waals surface area contributed by atoms with Gasteiger partial charge in [-0.05, 0) is 68.0 Å². The summed E-state index contributed by atoms with van der Waals surface area (Å²) in [6.07, 6.45) is 7.21. The van der Waals surface area contributed by atoms with Crippen LogP contribution in [0.15, 0.2) is 42.5 Å². The smallest absolute Gasteiger partial charge is 0.243 e. The van der Waals surface area contributed by atoms with Gasteiger partial charge in [0.2, 0.25) is 21.8 Å². The molecule has 39 heavy (non-hydrogen) atoms. The molecule has 2 aromatic rings. The molecule has 1 N–H and O–H groups in total. The van der Waals surface area contributed by atoms with E-state index in [0.717, 1.165) is 37.5 Å². The van der Waals surface area contributed by atoms with Crippen LogP contribution < -0.4 is 9.62 Å². The zero-order valence-electron chi connectivity index (χ0n) is 23.0. The summed E-state index contributed by atoms with van der Waals surface area (Å²) in [6.45, 7) is 4.09. The molecule has 0 saturated heterocycles. The molecule has 1 fully saturated rings. The highest BCUT2D eigenvalue weighted by Gasteiger charge is 2.31. The third-order valence-corrected chi connectivity index (χ3v) is 8.92. The molecule has 1 aliphatic carbocycles. The minimum Gasteiger partial charge on any atom is -0.352 e. The van der Waals surface area contributed by atoms with Crippen molar-refractivity contribution >= 4 is 50.7 Å². The molecule has 1 unspecified atom stereocenters. The number of sulfonamides is 1. The highest BCUT2D eigenvalue weighted by atomic mass is 35.5. The normalized spacial score (nSPS) is 15.0. The predicted molar refractivity (Wildman–Crippen MR) is 159 cm³/mol. The van der Waals surface area contributed by atoms with Crippen LogP contribution in [0.25, 0.3) is 0 Å². The van der Waals surface area contributed by atoms with Crippen molar-refractivity contribution in [2.45, 2.75) is 83.8 Å². The molecule has 7 nitrogen and oxygen atoms in total. The number of nitrogens with one attached hydrogen (secondary N) is 1. The van der Waals surface area contributed by atoms with Crippen molar-refractivity contribution < 1.29 is 18.0 Å². The maximum Gasteiger partial charge on any atom is 0.243 e. The Hall–Kier alpha value is -2.29. The summed E-state index contributed by atoms with van der Waals surface area (Å²) in [5.74, 6) is -0.398. The first-order valence-corrected chi connectivity index (χ1v) is 16.2. The molecule has 0 spiro atoms. The minimum atomic E-state index is -3.55. The second kappa shape index (κ2) is 14.4. The Morgan fingerprint density at radius 1 is 1.08 bits per heavy atom. The van der Waals surface area contributed by atoms with Crippen molar-refractivity contribution in [3.63, 3.8) is 0 Å². The molecule has 0 bridgehead atoms. The second-order valence-electron chi connectivity index (χ2n) is 10.3. The molecule has 3 rings (SSSR count). The number of anilines is 1. The van der Waals surface area contributed by atoms with Crippen LogP contribution in [0.1, 0.15) is 69.4 Å². The van der Waals surface area contributed by atoms with Crippen LogP contribution in [0.2, 0.25) is 10.0 Å². The van der Waals surface area contributed by atoms with Crippen LogP contribution in [-0.2, 0) is 26.2 Å². The lowest BCUT2D eigenvalue weighted by Crippen LogP contribution is -2.51. The standard InChI is InChI=1S/C29H39Cl2N3O4S/c1-4-27(29(36)32-24-11-6-5-7-12-24)33(20-22-15-16-23(30)19-26(22)31)28(35)14-9-17-34(39(3,37)38)25-13-8-10-21(2)18-25/h8,10,13,15-16,18-19,24,27H,4-7,9,11-12,14,17,20H2,1-3H3,(H,32,36). The van der Waals surface area contributed by atoms with Gasteiger partial charge in [0.15, 0.2) is 0 Å². The lowest BCUT2D eigenvalue weighted by molar-refractivity contribution is -0.141. The molecule has 2 aromatic carbocycles. The van der Waals surface area contributed by atoms with E-state index in [9.17, 15) is 18.0 Å². The molecule has 2 amide bonds. The molecular formula is C29H39Cl2N3O4S. The molecule has 1 saturated carbocycles. The van der Waals surface area contributed by atoms with E-state index >= 15 is 0 Å². The van der Waals surface area contributed by atoms with E-state index in [1.807, 2.05) is 26.0 Å². The summed E-state index contributed by atoms with van der Waals surface area (Å²) in [5.41, 5.74) is 2.20. The van der Waals surface area contributed by atoms with Gasteiger partial charge in [0.25, 0.3) is 0 Å². The van der Waals surface area contributed by atoms with E-state index in [-0.39, 0.29) is 37.4 Å². The Balaban J connectivity index is 1.78. The Morgan fingerprint density at radius 3 is 2.41 bits per heavy atom. The molecule has 0 radical (unpaired) electrons. The van der Waals surface area contributed by atoms with Gasteiger partial charge in [-0.25, -0.2) is 8.42 Å². The molecule has 10 heteroatoms. The summed E-state index contributed by atoms with van der Waals surface area (Å²) >= 11 is 12.5. The maximum absolute atomic E-state index is 13.7. The van der Waals surface area contributed by atoms with Gasteiger partial charge in [-0.2, -0.15) is 0 Å². The van der Waals surface area contributed by atoms with E-state index in [1.54, 1.807) is 35.2 Å². The van der Waals surface area contributed by atoms with Crippen molar-refractivity contribution in [2.75, 3.05) is 17.1 Å². The highest BCUT2D eigenvalue weighted by molar-refractivity contribution is 7.92. The predicted octanol–water partition coefficient (Wildman–Crippen LogP) is 6.10. The first-order chi connectivity index (χ1) is 18.5. The number of nitrogens with zero attached hydrogens (tertiary/aromatic N) is 2. The quantitative estimate of drug-likeness (QED) is 0.321. The largest absolute Gasteiger partial charge is 0.352 e. The number of benzene rings is 2. The van der Waals surface area contributed by atoms with Crippen LogP contribution >= 0.6 is 23.2 Å². The number of carbonyl (C=O) groups excluding carboxylic acids is 2. The van der Waals surface area contributed by atoms with Gasteiger partial charge in [-0.3, -0.25) is 13.9 Å². The first-order valence-electron chi connectivity index (χ1n) is 13.6. The Bertz CT molecular complexity index is 1250. The van der Waals surface area contributed by atoms with Gasteiger partial charge < -0.3 is 10.2 Å². The number of halogens is 2. The van der Waals surface area contributed by atoms with Gasteiger partial charge in [-0.15, -0.1) is 0 Å². The van der Waals surface area contributed by atoms with Gasteiger partial charge in [0.1, 0.15) is 6.04 Å². The molecule has 1 atom stereocenters. The number of rotatable bonds is 12.